The number of hydrogen-bond acceptors (Lipinski definition) is 6. The van der Waals surface area contributed by atoms with E-state index in [4.69, 9.17) is 27.9 Å². The number of carbonyl (C=O) groups is 2. The molecule has 1 aliphatic heterocycles. The number of amidine groups is 1. The van der Waals surface area contributed by atoms with E-state index in [0.29, 0.717) is 25.5 Å². The Morgan fingerprint density at radius 1 is 1.10 bits per heavy atom. The number of benzene rings is 2. The van der Waals surface area contributed by atoms with Gasteiger partial charge in [0, 0.05) is 43.8 Å². The van der Waals surface area contributed by atoms with E-state index in [9.17, 15) is 18.0 Å². The monoisotopic (exact) mass is 594 g/mol. The summed E-state index contributed by atoms with van der Waals surface area (Å²) in [5.41, 5.74) is 1.05. The SMILES string of the molecule is CN(Cc1ccc(C2=NCCN2C(=O)OC(C)(C)C)cc1)C(=O)C=CCN(C)S(=O)(=O)c1cc(Cl)ccc1Cl. The lowest BCUT2D eigenvalue weighted by atomic mass is 10.1. The molecule has 3 rings (SSSR count). The molecule has 0 saturated heterocycles. The third kappa shape index (κ3) is 8.04. The minimum absolute atomic E-state index is 0.0320. The van der Waals surface area contributed by atoms with Gasteiger partial charge in [-0.1, -0.05) is 53.5 Å². The van der Waals surface area contributed by atoms with Gasteiger partial charge in [-0.25, -0.2) is 13.2 Å². The average molecular weight is 596 g/mol. The molecular formula is C27H32Cl2N4O5S. The van der Waals surface area contributed by atoms with Crippen molar-refractivity contribution in [3.05, 3.63) is 75.8 Å². The molecule has 2 amide bonds. The molecule has 0 atom stereocenters. The lowest BCUT2D eigenvalue weighted by Gasteiger charge is -2.25. The molecule has 0 aromatic heterocycles. The van der Waals surface area contributed by atoms with E-state index in [0.717, 1.165) is 15.4 Å². The highest BCUT2D eigenvalue weighted by Crippen LogP contribution is 2.27. The Hall–Kier alpha value is -2.92. The van der Waals surface area contributed by atoms with Gasteiger partial charge in [0.05, 0.1) is 18.1 Å². The molecule has 0 fully saturated rings. The first-order chi connectivity index (χ1) is 18.2. The van der Waals surface area contributed by atoms with Crippen molar-refractivity contribution in [3.8, 4) is 0 Å². The van der Waals surface area contributed by atoms with E-state index >= 15 is 0 Å². The highest BCUT2D eigenvalue weighted by atomic mass is 35.5. The van der Waals surface area contributed by atoms with Crippen LogP contribution in [-0.4, -0.2) is 79.7 Å². The van der Waals surface area contributed by atoms with Crippen LogP contribution in [0.15, 0.2) is 64.5 Å². The lowest BCUT2D eigenvalue weighted by Crippen LogP contribution is -2.39. The summed E-state index contributed by atoms with van der Waals surface area (Å²) in [7, 11) is -0.845. The second-order valence-electron chi connectivity index (χ2n) is 9.99. The Morgan fingerprint density at radius 2 is 1.77 bits per heavy atom. The van der Waals surface area contributed by atoms with Gasteiger partial charge in [0.15, 0.2) is 0 Å². The molecule has 0 unspecified atom stereocenters. The first-order valence-corrected chi connectivity index (χ1v) is 14.4. The Kier molecular flexibility index (Phi) is 9.82. The summed E-state index contributed by atoms with van der Waals surface area (Å²) >= 11 is 12.0. The maximum Gasteiger partial charge on any atom is 0.416 e. The molecule has 39 heavy (non-hydrogen) atoms. The van der Waals surface area contributed by atoms with Gasteiger partial charge >= 0.3 is 6.09 Å². The van der Waals surface area contributed by atoms with Gasteiger partial charge in [0.25, 0.3) is 0 Å². The molecule has 0 bridgehead atoms. The zero-order valence-corrected chi connectivity index (χ0v) is 24.8. The molecule has 1 heterocycles. The van der Waals surface area contributed by atoms with E-state index in [-0.39, 0.29) is 27.4 Å². The van der Waals surface area contributed by atoms with Crippen molar-refractivity contribution in [1.82, 2.24) is 14.1 Å². The van der Waals surface area contributed by atoms with Crippen molar-refractivity contribution >= 4 is 51.1 Å². The molecule has 0 saturated carbocycles. The average Bonchev–Trinajstić information content (AvgIpc) is 3.35. The van der Waals surface area contributed by atoms with E-state index in [1.54, 1.807) is 7.05 Å². The van der Waals surface area contributed by atoms with Crippen LogP contribution < -0.4 is 0 Å². The Labute approximate surface area is 239 Å². The molecule has 2 aromatic rings. The van der Waals surface area contributed by atoms with Gasteiger partial charge in [0.1, 0.15) is 16.3 Å². The van der Waals surface area contributed by atoms with Gasteiger partial charge in [-0.2, -0.15) is 4.31 Å². The predicted molar refractivity (Wildman–Crippen MR) is 153 cm³/mol. The van der Waals surface area contributed by atoms with Crippen molar-refractivity contribution in [2.75, 3.05) is 33.7 Å². The van der Waals surface area contributed by atoms with E-state index in [2.05, 4.69) is 4.99 Å². The molecule has 0 radical (unpaired) electrons. The zero-order valence-electron chi connectivity index (χ0n) is 22.5. The normalized spacial score (nSPS) is 14.2. The molecule has 0 aliphatic carbocycles. The van der Waals surface area contributed by atoms with Crippen LogP contribution in [0.5, 0.6) is 0 Å². The van der Waals surface area contributed by atoms with Crippen molar-refractivity contribution in [2.45, 2.75) is 37.8 Å². The lowest BCUT2D eigenvalue weighted by molar-refractivity contribution is -0.125. The fourth-order valence-electron chi connectivity index (χ4n) is 3.67. The van der Waals surface area contributed by atoms with E-state index in [1.165, 1.54) is 47.2 Å². The Bertz CT molecular complexity index is 1390. The number of aliphatic imine (C=N–C) groups is 1. The van der Waals surface area contributed by atoms with Crippen LogP contribution in [0, 0.1) is 0 Å². The van der Waals surface area contributed by atoms with Gasteiger partial charge in [-0.05, 0) is 44.5 Å². The molecule has 9 nitrogen and oxygen atoms in total. The van der Waals surface area contributed by atoms with Gasteiger partial charge in [-0.15, -0.1) is 0 Å². The maximum atomic E-state index is 12.8. The van der Waals surface area contributed by atoms with Crippen molar-refractivity contribution in [2.24, 2.45) is 4.99 Å². The minimum Gasteiger partial charge on any atom is -0.443 e. The molecular weight excluding hydrogens is 563 g/mol. The largest absolute Gasteiger partial charge is 0.443 e. The predicted octanol–water partition coefficient (Wildman–Crippen LogP) is 4.83. The zero-order chi connectivity index (χ0) is 29.0. The molecule has 0 N–H and O–H groups in total. The molecule has 2 aromatic carbocycles. The van der Waals surface area contributed by atoms with E-state index < -0.39 is 21.7 Å². The highest BCUT2D eigenvalue weighted by Gasteiger charge is 2.29. The number of rotatable bonds is 8. The molecule has 1 aliphatic rings. The number of amides is 2. The second kappa shape index (κ2) is 12.5. The van der Waals surface area contributed by atoms with Crippen LogP contribution in [-0.2, 0) is 26.1 Å². The molecule has 0 spiro atoms. The number of sulfonamides is 1. The van der Waals surface area contributed by atoms with Gasteiger partial charge < -0.3 is 9.64 Å². The van der Waals surface area contributed by atoms with Crippen LogP contribution in [0.25, 0.3) is 0 Å². The number of nitrogens with zero attached hydrogens (tertiary/aromatic N) is 4. The van der Waals surface area contributed by atoms with Crippen molar-refractivity contribution < 1.29 is 22.7 Å². The van der Waals surface area contributed by atoms with Crippen LogP contribution in [0.1, 0.15) is 31.9 Å². The van der Waals surface area contributed by atoms with Crippen LogP contribution in [0.3, 0.4) is 0 Å². The summed E-state index contributed by atoms with van der Waals surface area (Å²) < 4.78 is 32.2. The number of likely N-dealkylation sites (N-methyl/N-ethyl adjacent to an activating group) is 2. The minimum atomic E-state index is -3.89. The van der Waals surface area contributed by atoms with Crippen LogP contribution >= 0.6 is 23.2 Å². The second-order valence-corrected chi connectivity index (χ2v) is 12.8. The van der Waals surface area contributed by atoms with Gasteiger partial charge in [0.2, 0.25) is 15.9 Å². The summed E-state index contributed by atoms with van der Waals surface area (Å²) in [6, 6.07) is 11.7. The summed E-state index contributed by atoms with van der Waals surface area (Å²) in [5, 5.41) is 0.318. The number of ether oxygens (including phenoxy) is 1. The van der Waals surface area contributed by atoms with Crippen LogP contribution in [0.2, 0.25) is 10.0 Å². The Morgan fingerprint density at radius 3 is 2.41 bits per heavy atom. The summed E-state index contributed by atoms with van der Waals surface area (Å²) in [4.78, 5) is 32.5. The standard InChI is InChI=1S/C27H32Cl2N4O5S/c1-27(2,3)38-26(35)33-16-14-30-25(33)20-10-8-19(9-11-20)18-31(4)24(34)7-6-15-32(5)39(36,37)23-17-21(28)12-13-22(23)29/h6-13,17H,14-16,18H2,1-5H3. The first-order valence-electron chi connectivity index (χ1n) is 12.2. The van der Waals surface area contributed by atoms with E-state index in [1.807, 2.05) is 45.0 Å². The number of hydrogen-bond donors (Lipinski definition) is 0. The fraction of sp³-hybridized carbons (Fsp3) is 0.370. The molecule has 210 valence electrons. The fourth-order valence-corrected chi connectivity index (χ4v) is 5.53. The number of carbonyl (C=O) groups excluding carboxylic acids is 2. The Balaban J connectivity index is 1.58. The summed E-state index contributed by atoms with van der Waals surface area (Å²) in [6.07, 6.45) is 2.36. The van der Waals surface area contributed by atoms with Crippen molar-refractivity contribution in [3.63, 3.8) is 0 Å². The third-order valence-electron chi connectivity index (χ3n) is 5.67. The quantitative estimate of drug-likeness (QED) is 0.408. The van der Waals surface area contributed by atoms with Gasteiger partial charge in [-0.3, -0.25) is 14.7 Å². The summed E-state index contributed by atoms with van der Waals surface area (Å²) in [5.74, 6) is 0.267. The molecule has 12 heteroatoms. The maximum absolute atomic E-state index is 12.8. The van der Waals surface area contributed by atoms with Crippen molar-refractivity contribution in [1.29, 1.82) is 0 Å². The highest BCUT2D eigenvalue weighted by molar-refractivity contribution is 7.89. The smallest absolute Gasteiger partial charge is 0.416 e. The summed E-state index contributed by atoms with van der Waals surface area (Å²) in [6.45, 7) is 6.71. The topological polar surface area (TPSA) is 99.6 Å². The van der Waals surface area contributed by atoms with Crippen LogP contribution in [0.4, 0.5) is 4.79 Å². The third-order valence-corrected chi connectivity index (χ3v) is 8.21. The number of halogens is 2. The first kappa shape index (κ1) is 30.6.